The third kappa shape index (κ3) is 4.73. The molecule has 28 heavy (non-hydrogen) atoms. The fourth-order valence-electron chi connectivity index (χ4n) is 3.30. The van der Waals surface area contributed by atoms with Crippen LogP contribution in [0.25, 0.3) is 0 Å². The van der Waals surface area contributed by atoms with E-state index in [2.05, 4.69) is 80.2 Å². The van der Waals surface area contributed by atoms with Crippen molar-refractivity contribution in [2.75, 3.05) is 10.6 Å². The van der Waals surface area contributed by atoms with E-state index in [9.17, 15) is 0 Å². The lowest BCUT2D eigenvalue weighted by Crippen LogP contribution is -2.11. The Labute approximate surface area is 183 Å². The molecule has 0 atom stereocenters. The second-order valence-corrected chi connectivity index (χ2v) is 8.49. The van der Waals surface area contributed by atoms with Gasteiger partial charge in [0.15, 0.2) is 0 Å². The van der Waals surface area contributed by atoms with E-state index in [1.54, 1.807) is 0 Å². The Kier molecular flexibility index (Phi) is 6.73. The van der Waals surface area contributed by atoms with Crippen LogP contribution in [0.2, 0.25) is 0 Å². The highest BCUT2D eigenvalue weighted by Crippen LogP contribution is 2.34. The molecule has 0 aliphatic carbocycles. The quantitative estimate of drug-likeness (QED) is 0.379. The maximum Gasteiger partial charge on any atom is 0.106 e. The molecule has 0 amide bonds. The van der Waals surface area contributed by atoms with Crippen LogP contribution in [0.4, 0.5) is 11.4 Å². The number of rotatable bonds is 6. The summed E-state index contributed by atoms with van der Waals surface area (Å²) >= 11 is 6.87. The Hall–Kier alpha value is -1.92. The predicted octanol–water partition coefficient (Wildman–Crippen LogP) is 6.46. The Morgan fingerprint density at radius 3 is 1.32 bits per heavy atom. The van der Waals surface area contributed by atoms with Crippen molar-refractivity contribution in [1.82, 2.24) is 9.97 Å². The van der Waals surface area contributed by atoms with E-state index in [-0.39, 0.29) is 0 Å². The summed E-state index contributed by atoms with van der Waals surface area (Å²) in [6.45, 7) is 10.0. The standard InChI is InChI=1S/C22H24Br2N4/c1-13-14(2)22(26-12-18-8-6-10-20(24)28-18)16(4)15(3)21(13)25-11-17-7-5-9-19(23)27-17/h5-10,25-26H,11-12H2,1-4H3. The number of nitrogens with zero attached hydrogens (tertiary/aromatic N) is 2. The highest BCUT2D eigenvalue weighted by Gasteiger charge is 2.15. The summed E-state index contributed by atoms with van der Waals surface area (Å²) in [5.41, 5.74) is 9.39. The topological polar surface area (TPSA) is 49.8 Å². The molecule has 0 bridgehead atoms. The van der Waals surface area contributed by atoms with Gasteiger partial charge in [-0.15, -0.1) is 0 Å². The average molecular weight is 504 g/mol. The number of hydrogen-bond acceptors (Lipinski definition) is 4. The first-order chi connectivity index (χ1) is 13.4. The molecule has 0 fully saturated rings. The summed E-state index contributed by atoms with van der Waals surface area (Å²) in [7, 11) is 0. The number of hydrogen-bond donors (Lipinski definition) is 2. The molecule has 0 aliphatic rings. The summed E-state index contributed by atoms with van der Waals surface area (Å²) in [6, 6.07) is 12.0. The van der Waals surface area contributed by atoms with Crippen LogP contribution in [-0.2, 0) is 13.1 Å². The zero-order valence-corrected chi connectivity index (χ0v) is 19.7. The molecule has 3 aromatic rings. The van der Waals surface area contributed by atoms with Gasteiger partial charge in [-0.1, -0.05) is 12.1 Å². The van der Waals surface area contributed by atoms with E-state index in [1.165, 1.54) is 33.6 Å². The molecule has 2 heterocycles. The zero-order valence-electron chi connectivity index (χ0n) is 16.5. The van der Waals surface area contributed by atoms with E-state index in [1.807, 2.05) is 36.4 Å². The molecule has 146 valence electrons. The Morgan fingerprint density at radius 1 is 0.643 bits per heavy atom. The van der Waals surface area contributed by atoms with Crippen LogP contribution < -0.4 is 10.6 Å². The minimum absolute atomic E-state index is 0.689. The molecule has 0 saturated carbocycles. The highest BCUT2D eigenvalue weighted by atomic mass is 79.9. The Morgan fingerprint density at radius 2 is 1.00 bits per heavy atom. The molecule has 0 aliphatic heterocycles. The first-order valence-electron chi connectivity index (χ1n) is 9.17. The Balaban J connectivity index is 1.82. The number of halogens is 2. The third-order valence-corrected chi connectivity index (χ3v) is 5.95. The monoisotopic (exact) mass is 502 g/mol. The van der Waals surface area contributed by atoms with E-state index >= 15 is 0 Å². The van der Waals surface area contributed by atoms with Crippen molar-refractivity contribution >= 4 is 43.2 Å². The van der Waals surface area contributed by atoms with E-state index in [0.717, 1.165) is 20.6 Å². The second-order valence-electron chi connectivity index (χ2n) is 6.86. The van der Waals surface area contributed by atoms with Gasteiger partial charge in [0, 0.05) is 11.4 Å². The molecule has 0 radical (unpaired) electrons. The van der Waals surface area contributed by atoms with Crippen LogP contribution >= 0.6 is 31.9 Å². The normalized spacial score (nSPS) is 10.8. The van der Waals surface area contributed by atoms with Crippen molar-refractivity contribution in [1.29, 1.82) is 0 Å². The van der Waals surface area contributed by atoms with Gasteiger partial charge < -0.3 is 10.6 Å². The van der Waals surface area contributed by atoms with Gasteiger partial charge in [0.1, 0.15) is 9.21 Å². The largest absolute Gasteiger partial charge is 0.379 e. The van der Waals surface area contributed by atoms with Gasteiger partial charge in [0.2, 0.25) is 0 Å². The summed E-state index contributed by atoms with van der Waals surface area (Å²) in [5, 5.41) is 7.17. The third-order valence-electron chi connectivity index (χ3n) is 5.06. The van der Waals surface area contributed by atoms with Crippen molar-refractivity contribution in [2.45, 2.75) is 40.8 Å². The molecule has 6 heteroatoms. The van der Waals surface area contributed by atoms with E-state index in [0.29, 0.717) is 13.1 Å². The first-order valence-corrected chi connectivity index (χ1v) is 10.8. The van der Waals surface area contributed by atoms with Crippen LogP contribution in [0.3, 0.4) is 0 Å². The molecule has 3 rings (SSSR count). The molecule has 1 aromatic carbocycles. The molecular formula is C22H24Br2N4. The van der Waals surface area contributed by atoms with Gasteiger partial charge in [-0.05, 0) is 106 Å². The molecule has 0 saturated heterocycles. The van der Waals surface area contributed by atoms with Gasteiger partial charge in [-0.3, -0.25) is 0 Å². The highest BCUT2D eigenvalue weighted by molar-refractivity contribution is 9.10. The molecule has 0 spiro atoms. The van der Waals surface area contributed by atoms with Crippen LogP contribution in [0.5, 0.6) is 0 Å². The van der Waals surface area contributed by atoms with E-state index < -0.39 is 0 Å². The van der Waals surface area contributed by atoms with Crippen molar-refractivity contribution < 1.29 is 0 Å². The SMILES string of the molecule is Cc1c(C)c(NCc2cccc(Br)n2)c(C)c(C)c1NCc1cccc(Br)n1. The predicted molar refractivity (Wildman–Crippen MR) is 124 cm³/mol. The smallest absolute Gasteiger partial charge is 0.106 e. The van der Waals surface area contributed by atoms with Crippen LogP contribution in [0.1, 0.15) is 33.6 Å². The lowest BCUT2D eigenvalue weighted by molar-refractivity contribution is 1.01. The van der Waals surface area contributed by atoms with Crippen LogP contribution in [-0.4, -0.2) is 9.97 Å². The Bertz CT molecular complexity index is 892. The number of benzene rings is 1. The van der Waals surface area contributed by atoms with Gasteiger partial charge in [0.25, 0.3) is 0 Å². The molecule has 0 unspecified atom stereocenters. The number of aromatic nitrogens is 2. The fourth-order valence-corrected chi connectivity index (χ4v) is 4.06. The maximum atomic E-state index is 4.51. The molecule has 2 N–H and O–H groups in total. The van der Waals surface area contributed by atoms with Crippen LogP contribution in [0, 0.1) is 27.7 Å². The summed E-state index contributed by atoms with van der Waals surface area (Å²) in [4.78, 5) is 9.02. The average Bonchev–Trinajstić information content (AvgIpc) is 2.66. The minimum atomic E-state index is 0.689. The lowest BCUT2D eigenvalue weighted by Gasteiger charge is -2.22. The van der Waals surface area contributed by atoms with Crippen molar-refractivity contribution in [3.05, 3.63) is 79.2 Å². The van der Waals surface area contributed by atoms with Crippen molar-refractivity contribution in [2.24, 2.45) is 0 Å². The molecule has 4 nitrogen and oxygen atoms in total. The zero-order chi connectivity index (χ0) is 20.3. The number of pyridine rings is 2. The maximum absolute atomic E-state index is 4.51. The van der Waals surface area contributed by atoms with E-state index in [4.69, 9.17) is 0 Å². The second kappa shape index (κ2) is 9.05. The minimum Gasteiger partial charge on any atom is -0.379 e. The lowest BCUT2D eigenvalue weighted by atomic mass is 9.95. The summed E-state index contributed by atoms with van der Waals surface area (Å²) < 4.78 is 1.71. The van der Waals surface area contributed by atoms with Crippen LogP contribution in [0.15, 0.2) is 45.6 Å². The molecular weight excluding hydrogens is 480 g/mol. The summed E-state index contributed by atoms with van der Waals surface area (Å²) in [6.07, 6.45) is 0. The number of nitrogens with one attached hydrogen (secondary N) is 2. The fraction of sp³-hybridized carbons (Fsp3) is 0.273. The number of anilines is 2. The van der Waals surface area contributed by atoms with Crippen molar-refractivity contribution in [3.8, 4) is 0 Å². The first kappa shape index (κ1) is 20.8. The molecule has 2 aromatic heterocycles. The van der Waals surface area contributed by atoms with Gasteiger partial charge in [-0.25, -0.2) is 9.97 Å². The summed E-state index contributed by atoms with van der Waals surface area (Å²) in [5.74, 6) is 0. The van der Waals surface area contributed by atoms with Crippen molar-refractivity contribution in [3.63, 3.8) is 0 Å². The van der Waals surface area contributed by atoms with Gasteiger partial charge >= 0.3 is 0 Å². The van der Waals surface area contributed by atoms with Gasteiger partial charge in [-0.2, -0.15) is 0 Å². The van der Waals surface area contributed by atoms with Gasteiger partial charge in [0.05, 0.1) is 24.5 Å².